The largest absolute Gasteiger partial charge is 0.322 e. The van der Waals surface area contributed by atoms with Gasteiger partial charge in [0.05, 0.1) is 0 Å². The molecule has 128 valence electrons. The smallest absolute Gasteiger partial charge is 0.319 e. The second kappa shape index (κ2) is 8.40. The zero-order valence-corrected chi connectivity index (χ0v) is 13.8. The monoisotopic (exact) mass is 333 g/mol. The molecule has 0 aliphatic heterocycles. The highest BCUT2D eigenvalue weighted by Gasteiger charge is 2.14. The summed E-state index contributed by atoms with van der Waals surface area (Å²) in [6.45, 7) is 1.57. The SMILES string of the molecule is CN(C)CCN(Cc1ccc(F)cc1)C(=O)Nc1ccc(F)cc1. The minimum absolute atomic E-state index is 0.284. The molecular formula is C18H21F2N3O. The summed E-state index contributed by atoms with van der Waals surface area (Å²) in [7, 11) is 3.85. The summed E-state index contributed by atoms with van der Waals surface area (Å²) in [6.07, 6.45) is 0. The van der Waals surface area contributed by atoms with Crippen LogP contribution in [0.1, 0.15) is 5.56 Å². The van der Waals surface area contributed by atoms with Gasteiger partial charge in [-0.25, -0.2) is 13.6 Å². The van der Waals surface area contributed by atoms with Gasteiger partial charge in [0.15, 0.2) is 0 Å². The number of hydrogen-bond donors (Lipinski definition) is 1. The number of amides is 2. The van der Waals surface area contributed by atoms with E-state index in [4.69, 9.17) is 0 Å². The zero-order valence-electron chi connectivity index (χ0n) is 13.8. The molecule has 0 unspecified atom stereocenters. The highest BCUT2D eigenvalue weighted by Crippen LogP contribution is 2.12. The first-order chi connectivity index (χ1) is 11.4. The van der Waals surface area contributed by atoms with E-state index >= 15 is 0 Å². The molecule has 0 aliphatic rings. The van der Waals surface area contributed by atoms with Gasteiger partial charge >= 0.3 is 6.03 Å². The van der Waals surface area contributed by atoms with Crippen LogP contribution in [0.2, 0.25) is 0 Å². The Morgan fingerprint density at radius 2 is 1.46 bits per heavy atom. The van der Waals surface area contributed by atoms with Gasteiger partial charge in [-0.2, -0.15) is 0 Å². The van der Waals surface area contributed by atoms with Crippen molar-refractivity contribution in [2.75, 3.05) is 32.5 Å². The van der Waals surface area contributed by atoms with E-state index in [0.717, 1.165) is 5.56 Å². The Hall–Kier alpha value is -2.47. The predicted molar refractivity (Wildman–Crippen MR) is 90.8 cm³/mol. The van der Waals surface area contributed by atoms with Crippen LogP contribution in [0.3, 0.4) is 0 Å². The number of nitrogens with one attached hydrogen (secondary N) is 1. The van der Waals surface area contributed by atoms with Crippen molar-refractivity contribution in [3.05, 3.63) is 65.7 Å². The van der Waals surface area contributed by atoms with Gasteiger partial charge in [-0.05, 0) is 56.1 Å². The van der Waals surface area contributed by atoms with Crippen LogP contribution in [0, 0.1) is 11.6 Å². The molecule has 6 heteroatoms. The van der Waals surface area contributed by atoms with Crippen LogP contribution in [-0.2, 0) is 6.54 Å². The lowest BCUT2D eigenvalue weighted by molar-refractivity contribution is 0.202. The lowest BCUT2D eigenvalue weighted by atomic mass is 10.2. The maximum absolute atomic E-state index is 13.0. The van der Waals surface area contributed by atoms with Crippen molar-refractivity contribution >= 4 is 11.7 Å². The van der Waals surface area contributed by atoms with Crippen LogP contribution in [0.5, 0.6) is 0 Å². The van der Waals surface area contributed by atoms with E-state index in [1.807, 2.05) is 19.0 Å². The zero-order chi connectivity index (χ0) is 17.5. The van der Waals surface area contributed by atoms with E-state index < -0.39 is 0 Å². The van der Waals surface area contributed by atoms with E-state index in [-0.39, 0.29) is 17.7 Å². The lowest BCUT2D eigenvalue weighted by Gasteiger charge is -2.25. The number of benzene rings is 2. The third-order valence-corrected chi connectivity index (χ3v) is 3.49. The average Bonchev–Trinajstić information content (AvgIpc) is 2.55. The van der Waals surface area contributed by atoms with E-state index in [1.165, 1.54) is 36.4 Å². The van der Waals surface area contributed by atoms with Crippen molar-refractivity contribution in [1.82, 2.24) is 9.80 Å². The number of anilines is 1. The van der Waals surface area contributed by atoms with Crippen molar-refractivity contribution in [3.63, 3.8) is 0 Å². The van der Waals surface area contributed by atoms with Gasteiger partial charge in [-0.15, -0.1) is 0 Å². The molecule has 2 amide bonds. The van der Waals surface area contributed by atoms with Gasteiger partial charge in [0.1, 0.15) is 11.6 Å². The summed E-state index contributed by atoms with van der Waals surface area (Å²) in [5.41, 5.74) is 1.36. The molecule has 2 aromatic carbocycles. The van der Waals surface area contributed by atoms with Crippen molar-refractivity contribution in [2.24, 2.45) is 0 Å². The molecule has 0 aromatic heterocycles. The third-order valence-electron chi connectivity index (χ3n) is 3.49. The molecular weight excluding hydrogens is 312 g/mol. The molecule has 0 bridgehead atoms. The number of rotatable bonds is 6. The van der Waals surface area contributed by atoms with Crippen LogP contribution in [0.25, 0.3) is 0 Å². The van der Waals surface area contributed by atoms with Crippen molar-refractivity contribution < 1.29 is 13.6 Å². The van der Waals surface area contributed by atoms with Crippen LogP contribution in [0.4, 0.5) is 19.3 Å². The van der Waals surface area contributed by atoms with E-state index in [0.29, 0.717) is 25.3 Å². The van der Waals surface area contributed by atoms with Gasteiger partial charge in [0, 0.05) is 25.3 Å². The number of nitrogens with zero attached hydrogens (tertiary/aromatic N) is 2. The Balaban J connectivity index is 2.07. The topological polar surface area (TPSA) is 35.6 Å². The maximum atomic E-state index is 13.0. The number of urea groups is 1. The molecule has 0 atom stereocenters. The molecule has 0 spiro atoms. The fraction of sp³-hybridized carbons (Fsp3) is 0.278. The van der Waals surface area contributed by atoms with Gasteiger partial charge < -0.3 is 15.1 Å². The van der Waals surface area contributed by atoms with Crippen molar-refractivity contribution in [3.8, 4) is 0 Å². The highest BCUT2D eigenvalue weighted by molar-refractivity contribution is 5.89. The van der Waals surface area contributed by atoms with Gasteiger partial charge in [-0.1, -0.05) is 12.1 Å². The highest BCUT2D eigenvalue weighted by atomic mass is 19.1. The predicted octanol–water partition coefficient (Wildman–Crippen LogP) is 3.56. The summed E-state index contributed by atoms with van der Waals surface area (Å²) in [5.74, 6) is -0.668. The molecule has 0 aliphatic carbocycles. The molecule has 0 fully saturated rings. The molecule has 0 saturated carbocycles. The molecule has 2 aromatic rings. The first-order valence-electron chi connectivity index (χ1n) is 7.65. The summed E-state index contributed by atoms with van der Waals surface area (Å²) in [5, 5.41) is 2.75. The normalized spacial score (nSPS) is 10.7. The quantitative estimate of drug-likeness (QED) is 0.877. The first kappa shape index (κ1) is 17.9. The number of carbonyl (C=O) groups excluding carboxylic acids is 1. The minimum Gasteiger partial charge on any atom is -0.319 e. The van der Waals surface area contributed by atoms with Crippen molar-refractivity contribution in [2.45, 2.75) is 6.54 Å². The second-order valence-electron chi connectivity index (χ2n) is 5.79. The van der Waals surface area contributed by atoms with Gasteiger partial charge in [0.25, 0.3) is 0 Å². The minimum atomic E-state index is -0.358. The molecule has 0 saturated heterocycles. The van der Waals surface area contributed by atoms with Crippen LogP contribution in [0.15, 0.2) is 48.5 Å². The Kier molecular flexibility index (Phi) is 6.26. The fourth-order valence-corrected chi connectivity index (χ4v) is 2.12. The van der Waals surface area contributed by atoms with Crippen molar-refractivity contribution in [1.29, 1.82) is 0 Å². The molecule has 24 heavy (non-hydrogen) atoms. The third kappa shape index (κ3) is 5.62. The Bertz CT molecular complexity index is 657. The number of carbonyl (C=O) groups is 1. The van der Waals surface area contributed by atoms with E-state index in [1.54, 1.807) is 17.0 Å². The molecule has 1 N–H and O–H groups in total. The number of hydrogen-bond acceptors (Lipinski definition) is 2. The standard InChI is InChI=1S/C18H21F2N3O/c1-22(2)11-12-23(13-14-3-5-15(19)6-4-14)18(24)21-17-9-7-16(20)8-10-17/h3-10H,11-13H2,1-2H3,(H,21,24). The van der Waals surface area contributed by atoms with Gasteiger partial charge in [-0.3, -0.25) is 0 Å². The Morgan fingerprint density at radius 1 is 0.917 bits per heavy atom. The Labute approximate surface area is 140 Å². The van der Waals surface area contributed by atoms with Crippen LogP contribution >= 0.6 is 0 Å². The average molecular weight is 333 g/mol. The van der Waals surface area contributed by atoms with Gasteiger partial charge in [0.2, 0.25) is 0 Å². The summed E-state index contributed by atoms with van der Waals surface area (Å²) in [4.78, 5) is 16.1. The summed E-state index contributed by atoms with van der Waals surface area (Å²) < 4.78 is 26.0. The number of likely N-dealkylation sites (N-methyl/N-ethyl adjacent to an activating group) is 1. The second-order valence-corrected chi connectivity index (χ2v) is 5.79. The summed E-state index contributed by atoms with van der Waals surface area (Å²) >= 11 is 0. The Morgan fingerprint density at radius 3 is 2.00 bits per heavy atom. The van der Waals surface area contributed by atoms with E-state index in [9.17, 15) is 13.6 Å². The van der Waals surface area contributed by atoms with Crippen LogP contribution < -0.4 is 5.32 Å². The fourth-order valence-electron chi connectivity index (χ4n) is 2.12. The molecule has 4 nitrogen and oxygen atoms in total. The van der Waals surface area contributed by atoms with Crippen LogP contribution in [-0.4, -0.2) is 43.0 Å². The number of halogens is 2. The maximum Gasteiger partial charge on any atom is 0.322 e. The van der Waals surface area contributed by atoms with E-state index in [2.05, 4.69) is 5.32 Å². The lowest BCUT2D eigenvalue weighted by Crippen LogP contribution is -2.39. The molecule has 0 heterocycles. The molecule has 0 radical (unpaired) electrons. The first-order valence-corrected chi connectivity index (χ1v) is 7.65. The summed E-state index contributed by atoms with van der Waals surface area (Å²) in [6, 6.07) is 11.4. The molecule has 2 rings (SSSR count).